The van der Waals surface area contributed by atoms with Crippen LogP contribution in [0.2, 0.25) is 0 Å². The van der Waals surface area contributed by atoms with Gasteiger partial charge in [-0.05, 0) is 47.1 Å². The van der Waals surface area contributed by atoms with Crippen molar-refractivity contribution in [1.82, 2.24) is 0 Å². The van der Waals surface area contributed by atoms with Crippen molar-refractivity contribution in [3.8, 4) is 0 Å². The Hall–Kier alpha value is -0.120. The molecule has 0 N–H and O–H groups in total. The van der Waals surface area contributed by atoms with E-state index in [9.17, 15) is 0 Å². The van der Waals surface area contributed by atoms with Gasteiger partial charge in [0.05, 0.1) is 3.79 Å². The van der Waals surface area contributed by atoms with E-state index in [2.05, 4.69) is 33.6 Å². The van der Waals surface area contributed by atoms with Gasteiger partial charge < -0.3 is 0 Å². The molecule has 0 saturated carbocycles. The lowest BCUT2D eigenvalue weighted by Crippen LogP contribution is -1.43. The summed E-state index contributed by atoms with van der Waals surface area (Å²) in [6.07, 6.45) is 0. The molecule has 62 valence electrons. The summed E-state index contributed by atoms with van der Waals surface area (Å²) in [7, 11) is 0. The summed E-state index contributed by atoms with van der Waals surface area (Å²) in [6, 6.07) is 7.82. The highest BCUT2D eigenvalue weighted by molar-refractivity contribution is 9.11. The molecule has 12 heavy (non-hydrogen) atoms. The van der Waals surface area contributed by atoms with Crippen LogP contribution in [0.15, 0.2) is 28.1 Å². The molecule has 0 amide bonds. The Labute approximate surface area is 89.0 Å². The molecule has 0 aliphatic rings. The van der Waals surface area contributed by atoms with Gasteiger partial charge in [0.15, 0.2) is 0 Å². The van der Waals surface area contributed by atoms with Gasteiger partial charge in [0.25, 0.3) is 0 Å². The van der Waals surface area contributed by atoms with Crippen LogP contribution in [0.5, 0.6) is 0 Å². The maximum Gasteiger partial charge on any atom is 0.0705 e. The average molecular weight is 259 g/mol. The quantitative estimate of drug-likeness (QED) is 0.666. The predicted octanol–water partition coefficient (Wildman–Crippen LogP) is 4.17. The maximum absolute atomic E-state index is 3.27. The number of halogens is 1. The lowest BCUT2D eigenvalue weighted by atomic mass is 10.5. The van der Waals surface area contributed by atoms with Gasteiger partial charge in [-0.2, -0.15) is 0 Å². The lowest BCUT2D eigenvalue weighted by molar-refractivity contribution is 1.64. The number of hydrogen-bond acceptors (Lipinski definition) is 2. The van der Waals surface area contributed by atoms with Crippen LogP contribution in [0.25, 0.3) is 0 Å². The Kier molecular flexibility index (Phi) is 4.58. The fraction of sp³-hybridized carbons (Fsp3) is 0.111. The van der Waals surface area contributed by atoms with Gasteiger partial charge in [0, 0.05) is 15.6 Å². The number of hydrogen-bond donors (Lipinski definition) is 0. The number of aryl methyl sites for hydroxylation is 1. The largest absolute Gasteiger partial charge is 0.140 e. The van der Waals surface area contributed by atoms with E-state index in [0.29, 0.717) is 0 Å². The molecule has 0 bridgehead atoms. The monoisotopic (exact) mass is 258 g/mol. The zero-order chi connectivity index (χ0) is 8.81. The molecule has 0 aliphatic heterocycles. The van der Waals surface area contributed by atoms with Crippen molar-refractivity contribution in [1.29, 1.82) is 0 Å². The molecule has 2 radical (unpaired) electrons. The summed E-state index contributed by atoms with van der Waals surface area (Å²) >= 11 is 6.49. The predicted molar refractivity (Wildman–Crippen MR) is 58.7 cm³/mol. The third kappa shape index (κ3) is 4.04. The zero-order valence-electron chi connectivity index (χ0n) is 6.50. The maximum atomic E-state index is 3.27. The molecule has 0 saturated heterocycles. The topological polar surface area (TPSA) is 0 Å². The first-order chi connectivity index (χ1) is 5.79. The summed E-state index contributed by atoms with van der Waals surface area (Å²) in [6.45, 7) is 2.07. The van der Waals surface area contributed by atoms with E-state index in [1.165, 1.54) is 4.88 Å². The minimum atomic E-state index is 1.14. The van der Waals surface area contributed by atoms with Gasteiger partial charge in [-0.1, -0.05) is 0 Å². The van der Waals surface area contributed by atoms with E-state index in [0.717, 1.165) is 3.79 Å². The van der Waals surface area contributed by atoms with Crippen LogP contribution in [-0.4, -0.2) is 0 Å². The molecule has 0 aromatic carbocycles. The van der Waals surface area contributed by atoms with Crippen molar-refractivity contribution >= 4 is 38.6 Å². The molecular weight excluding hydrogens is 252 g/mol. The summed E-state index contributed by atoms with van der Waals surface area (Å²) in [5.41, 5.74) is 0. The Balaban J connectivity index is 0.000000120. The summed E-state index contributed by atoms with van der Waals surface area (Å²) in [5, 5.41) is 5.90. The van der Waals surface area contributed by atoms with E-state index in [1.54, 1.807) is 22.7 Å². The standard InChI is InChI=1S/C5H5S.C4H2BrS/c1-5-3-2-4-6-5;5-4-2-1-3-6-4/h2-3H,1H3;1-2H. The summed E-state index contributed by atoms with van der Waals surface area (Å²) in [5.74, 6) is 0. The van der Waals surface area contributed by atoms with Crippen molar-refractivity contribution in [3.05, 3.63) is 43.7 Å². The highest BCUT2D eigenvalue weighted by Crippen LogP contribution is 2.14. The molecule has 2 aromatic rings. The second-order valence-electron chi connectivity index (χ2n) is 2.02. The minimum Gasteiger partial charge on any atom is -0.140 e. The second kappa shape index (κ2) is 5.51. The van der Waals surface area contributed by atoms with Crippen molar-refractivity contribution in [2.45, 2.75) is 6.92 Å². The van der Waals surface area contributed by atoms with Gasteiger partial charge in [0.2, 0.25) is 0 Å². The van der Waals surface area contributed by atoms with E-state index < -0.39 is 0 Å². The van der Waals surface area contributed by atoms with Crippen LogP contribution in [0.4, 0.5) is 0 Å². The SMILES string of the molecule is Brc1cc[c]s1.Cc1cc[c]s1. The molecule has 2 aromatic heterocycles. The molecule has 0 aliphatic carbocycles. The van der Waals surface area contributed by atoms with Crippen LogP contribution >= 0.6 is 38.6 Å². The van der Waals surface area contributed by atoms with E-state index in [4.69, 9.17) is 0 Å². The van der Waals surface area contributed by atoms with Gasteiger partial charge in [-0.15, -0.1) is 22.7 Å². The number of thiophene rings is 2. The van der Waals surface area contributed by atoms with Gasteiger partial charge in [0.1, 0.15) is 0 Å². The smallest absolute Gasteiger partial charge is 0.0705 e. The first kappa shape index (κ1) is 9.96. The highest BCUT2D eigenvalue weighted by atomic mass is 79.9. The van der Waals surface area contributed by atoms with Crippen LogP contribution in [0, 0.1) is 17.7 Å². The fourth-order valence-corrected chi connectivity index (χ4v) is 1.79. The minimum absolute atomic E-state index is 1.14. The normalized spacial score (nSPS) is 8.83. The third-order valence-electron chi connectivity index (χ3n) is 1.04. The van der Waals surface area contributed by atoms with E-state index >= 15 is 0 Å². The van der Waals surface area contributed by atoms with E-state index in [1.807, 2.05) is 24.3 Å². The Morgan fingerprint density at radius 1 is 1.17 bits per heavy atom. The second-order valence-corrected chi connectivity index (χ2v) is 5.36. The van der Waals surface area contributed by atoms with Crippen molar-refractivity contribution in [2.24, 2.45) is 0 Å². The van der Waals surface area contributed by atoms with Crippen molar-refractivity contribution in [3.63, 3.8) is 0 Å². The van der Waals surface area contributed by atoms with Gasteiger partial charge in [-0.25, -0.2) is 0 Å². The van der Waals surface area contributed by atoms with Gasteiger partial charge >= 0.3 is 0 Å². The molecule has 2 rings (SSSR count). The lowest BCUT2D eigenvalue weighted by Gasteiger charge is -1.65. The van der Waals surface area contributed by atoms with Crippen LogP contribution in [0.3, 0.4) is 0 Å². The molecule has 0 atom stereocenters. The van der Waals surface area contributed by atoms with Gasteiger partial charge in [-0.3, -0.25) is 0 Å². The van der Waals surface area contributed by atoms with Crippen LogP contribution < -0.4 is 0 Å². The Morgan fingerprint density at radius 2 is 1.83 bits per heavy atom. The molecule has 0 unspecified atom stereocenters. The Morgan fingerprint density at radius 3 is 2.00 bits per heavy atom. The zero-order valence-corrected chi connectivity index (χ0v) is 9.72. The third-order valence-corrected chi connectivity index (χ3v) is 3.09. The Bertz CT molecular complexity index is 252. The molecule has 0 spiro atoms. The highest BCUT2D eigenvalue weighted by Gasteiger charge is 1.78. The first-order valence-electron chi connectivity index (χ1n) is 3.33. The first-order valence-corrected chi connectivity index (χ1v) is 5.75. The molecule has 0 fully saturated rings. The van der Waals surface area contributed by atoms with E-state index in [-0.39, 0.29) is 0 Å². The summed E-state index contributed by atoms with van der Waals surface area (Å²) < 4.78 is 1.14. The average Bonchev–Trinajstić information content (AvgIpc) is 2.63. The molecular formula is C9H7BrS2. The van der Waals surface area contributed by atoms with Crippen molar-refractivity contribution < 1.29 is 0 Å². The van der Waals surface area contributed by atoms with Crippen molar-refractivity contribution in [2.75, 3.05) is 0 Å². The van der Waals surface area contributed by atoms with Crippen LogP contribution in [0.1, 0.15) is 4.88 Å². The van der Waals surface area contributed by atoms with Crippen LogP contribution in [-0.2, 0) is 0 Å². The number of rotatable bonds is 0. The molecule has 3 heteroatoms. The summed E-state index contributed by atoms with van der Waals surface area (Å²) in [4.78, 5) is 1.33. The molecule has 2 heterocycles. The molecule has 0 nitrogen and oxygen atoms in total. The fourth-order valence-electron chi connectivity index (χ4n) is 0.536.